The van der Waals surface area contributed by atoms with Crippen molar-refractivity contribution in [2.45, 2.75) is 17.4 Å². The fourth-order valence-corrected chi connectivity index (χ4v) is 4.24. The summed E-state index contributed by atoms with van der Waals surface area (Å²) in [6.45, 7) is 0.164. The van der Waals surface area contributed by atoms with Gasteiger partial charge < -0.3 is 5.11 Å². The molecule has 0 aliphatic heterocycles. The Balaban J connectivity index is 2.08. The van der Waals surface area contributed by atoms with Crippen LogP contribution in [0.4, 0.5) is 0 Å². The summed E-state index contributed by atoms with van der Waals surface area (Å²) in [6, 6.07) is 6.88. The molecule has 0 bridgehead atoms. The van der Waals surface area contributed by atoms with Gasteiger partial charge in [0.25, 0.3) is 0 Å². The molecule has 0 unspecified atom stereocenters. The molecule has 0 aromatic carbocycles. The third-order valence-electron chi connectivity index (χ3n) is 2.07. The lowest BCUT2D eigenvalue weighted by atomic mass is 10.5. The molecule has 4 nitrogen and oxygen atoms in total. The third-order valence-corrected chi connectivity index (χ3v) is 5.91. The molecule has 92 valence electrons. The molecular formula is C10H11NO3S3. The number of rotatable bonds is 5. The lowest BCUT2D eigenvalue weighted by Gasteiger charge is -2.02. The Labute approximate surface area is 108 Å². The second-order valence-electron chi connectivity index (χ2n) is 3.28. The molecular weight excluding hydrogens is 278 g/mol. The SMILES string of the molecule is O=S(=O)(NCc1cccs1)c1ccc(CO)s1. The van der Waals surface area contributed by atoms with E-state index < -0.39 is 10.0 Å². The van der Waals surface area contributed by atoms with Crippen LogP contribution in [0.3, 0.4) is 0 Å². The Hall–Kier alpha value is -0.730. The summed E-state index contributed by atoms with van der Waals surface area (Å²) in [5.74, 6) is 0. The van der Waals surface area contributed by atoms with Crippen molar-refractivity contribution in [1.82, 2.24) is 4.72 Å². The van der Waals surface area contributed by atoms with E-state index in [1.807, 2.05) is 17.5 Å². The maximum absolute atomic E-state index is 11.9. The van der Waals surface area contributed by atoms with E-state index in [0.29, 0.717) is 11.4 Å². The second-order valence-corrected chi connectivity index (χ2v) is 7.48. The summed E-state index contributed by atoms with van der Waals surface area (Å²) < 4.78 is 26.5. The Bertz CT molecular complexity index is 572. The van der Waals surface area contributed by atoms with E-state index in [9.17, 15) is 8.42 Å². The average Bonchev–Trinajstić information content (AvgIpc) is 2.98. The van der Waals surface area contributed by atoms with Gasteiger partial charge in [0, 0.05) is 16.3 Å². The predicted molar refractivity (Wildman–Crippen MR) is 68.6 cm³/mol. The van der Waals surface area contributed by atoms with E-state index in [1.54, 1.807) is 6.07 Å². The van der Waals surface area contributed by atoms with Crippen LogP contribution in [0.1, 0.15) is 9.75 Å². The maximum atomic E-state index is 11.9. The van der Waals surface area contributed by atoms with Crippen molar-refractivity contribution in [2.75, 3.05) is 0 Å². The second kappa shape index (κ2) is 5.28. The van der Waals surface area contributed by atoms with E-state index in [4.69, 9.17) is 5.11 Å². The van der Waals surface area contributed by atoms with Gasteiger partial charge in [-0.05, 0) is 23.6 Å². The summed E-state index contributed by atoms with van der Waals surface area (Å²) in [4.78, 5) is 1.61. The molecule has 0 spiro atoms. The van der Waals surface area contributed by atoms with E-state index in [-0.39, 0.29) is 10.8 Å². The molecule has 0 atom stereocenters. The minimum atomic E-state index is -3.46. The highest BCUT2D eigenvalue weighted by Gasteiger charge is 2.16. The van der Waals surface area contributed by atoms with Gasteiger partial charge in [0.15, 0.2) is 0 Å². The van der Waals surface area contributed by atoms with Crippen molar-refractivity contribution < 1.29 is 13.5 Å². The van der Waals surface area contributed by atoms with Crippen LogP contribution in [-0.2, 0) is 23.2 Å². The minimum Gasteiger partial charge on any atom is -0.391 e. The molecule has 0 aliphatic carbocycles. The standard InChI is InChI=1S/C10H11NO3S3/c12-7-9-3-4-10(16-9)17(13,14)11-6-8-2-1-5-15-8/h1-5,11-12H,6-7H2. The monoisotopic (exact) mass is 289 g/mol. The smallest absolute Gasteiger partial charge is 0.250 e. The van der Waals surface area contributed by atoms with Gasteiger partial charge in [-0.3, -0.25) is 0 Å². The van der Waals surface area contributed by atoms with Crippen molar-refractivity contribution in [1.29, 1.82) is 0 Å². The predicted octanol–water partition coefficient (Wildman–Crippen LogP) is 1.78. The number of hydrogen-bond acceptors (Lipinski definition) is 5. The Morgan fingerprint density at radius 3 is 2.65 bits per heavy atom. The quantitative estimate of drug-likeness (QED) is 0.881. The van der Waals surface area contributed by atoms with Gasteiger partial charge in [-0.1, -0.05) is 6.07 Å². The average molecular weight is 289 g/mol. The van der Waals surface area contributed by atoms with Crippen molar-refractivity contribution in [3.05, 3.63) is 39.4 Å². The topological polar surface area (TPSA) is 66.4 Å². The van der Waals surface area contributed by atoms with E-state index in [1.165, 1.54) is 17.4 Å². The lowest BCUT2D eigenvalue weighted by molar-refractivity contribution is 0.285. The highest BCUT2D eigenvalue weighted by atomic mass is 32.2. The normalized spacial score (nSPS) is 11.8. The molecule has 0 saturated heterocycles. The Morgan fingerprint density at radius 2 is 2.06 bits per heavy atom. The Morgan fingerprint density at radius 1 is 1.24 bits per heavy atom. The number of aliphatic hydroxyl groups is 1. The molecule has 2 rings (SSSR count). The van der Waals surface area contributed by atoms with Crippen LogP contribution in [-0.4, -0.2) is 13.5 Å². The molecule has 0 aliphatic rings. The molecule has 2 N–H and O–H groups in total. The molecule has 7 heteroatoms. The fourth-order valence-electron chi connectivity index (χ4n) is 1.24. The molecule has 17 heavy (non-hydrogen) atoms. The van der Waals surface area contributed by atoms with Crippen molar-refractivity contribution in [3.8, 4) is 0 Å². The Kier molecular flexibility index (Phi) is 3.95. The molecule has 0 fully saturated rings. The van der Waals surface area contributed by atoms with Gasteiger partial charge in [0.2, 0.25) is 10.0 Å². The van der Waals surface area contributed by atoms with Gasteiger partial charge in [-0.25, -0.2) is 13.1 Å². The molecule has 0 amide bonds. The molecule has 2 aromatic rings. The van der Waals surface area contributed by atoms with Crippen LogP contribution < -0.4 is 4.72 Å². The number of nitrogens with one attached hydrogen (secondary N) is 1. The van der Waals surface area contributed by atoms with E-state index >= 15 is 0 Å². The van der Waals surface area contributed by atoms with Crippen LogP contribution in [0, 0.1) is 0 Å². The van der Waals surface area contributed by atoms with Crippen LogP contribution in [0.15, 0.2) is 33.9 Å². The molecule has 0 saturated carbocycles. The van der Waals surface area contributed by atoms with Crippen LogP contribution >= 0.6 is 22.7 Å². The number of thiophene rings is 2. The summed E-state index contributed by atoms with van der Waals surface area (Å²) in [5, 5.41) is 10.8. The maximum Gasteiger partial charge on any atom is 0.250 e. The number of aliphatic hydroxyl groups excluding tert-OH is 1. The summed E-state index contributed by atoms with van der Waals surface area (Å²) in [6.07, 6.45) is 0. The first-order valence-corrected chi connectivity index (χ1v) is 8.01. The third kappa shape index (κ3) is 3.14. The van der Waals surface area contributed by atoms with Gasteiger partial charge in [0.1, 0.15) is 4.21 Å². The first kappa shape index (κ1) is 12.7. The molecule has 2 heterocycles. The van der Waals surface area contributed by atoms with Gasteiger partial charge in [0.05, 0.1) is 6.61 Å². The highest BCUT2D eigenvalue weighted by molar-refractivity contribution is 7.91. The van der Waals surface area contributed by atoms with Crippen molar-refractivity contribution in [2.24, 2.45) is 0 Å². The van der Waals surface area contributed by atoms with Crippen LogP contribution in [0.25, 0.3) is 0 Å². The van der Waals surface area contributed by atoms with Crippen molar-refractivity contribution >= 4 is 32.7 Å². The zero-order valence-electron chi connectivity index (χ0n) is 8.79. The van der Waals surface area contributed by atoms with E-state index in [0.717, 1.165) is 16.2 Å². The highest BCUT2D eigenvalue weighted by Crippen LogP contribution is 2.21. The van der Waals surface area contributed by atoms with E-state index in [2.05, 4.69) is 4.72 Å². The zero-order valence-corrected chi connectivity index (χ0v) is 11.2. The van der Waals surface area contributed by atoms with Gasteiger partial charge in [-0.15, -0.1) is 22.7 Å². The number of hydrogen-bond donors (Lipinski definition) is 2. The fraction of sp³-hybridized carbons (Fsp3) is 0.200. The first-order valence-electron chi connectivity index (χ1n) is 4.83. The lowest BCUT2D eigenvalue weighted by Crippen LogP contribution is -2.21. The number of sulfonamides is 1. The van der Waals surface area contributed by atoms with Crippen LogP contribution in [0.2, 0.25) is 0 Å². The van der Waals surface area contributed by atoms with Gasteiger partial charge in [-0.2, -0.15) is 0 Å². The summed E-state index contributed by atoms with van der Waals surface area (Å²) in [5.41, 5.74) is 0. The summed E-state index contributed by atoms with van der Waals surface area (Å²) in [7, 11) is -3.46. The zero-order chi connectivity index (χ0) is 12.3. The minimum absolute atomic E-state index is 0.134. The molecule has 0 radical (unpaired) electrons. The van der Waals surface area contributed by atoms with Crippen molar-refractivity contribution in [3.63, 3.8) is 0 Å². The summed E-state index contributed by atoms with van der Waals surface area (Å²) >= 11 is 2.58. The largest absolute Gasteiger partial charge is 0.391 e. The first-order chi connectivity index (χ1) is 8.12. The molecule has 2 aromatic heterocycles. The van der Waals surface area contributed by atoms with Crippen LogP contribution in [0.5, 0.6) is 0 Å². The van der Waals surface area contributed by atoms with Gasteiger partial charge >= 0.3 is 0 Å².